The maximum absolute atomic E-state index is 10.9. The highest BCUT2D eigenvalue weighted by molar-refractivity contribution is 9.11. The molecular formula is C14H11Br2NO3. The van der Waals surface area contributed by atoms with Crippen molar-refractivity contribution < 1.29 is 15.0 Å². The normalized spacial score (nSPS) is 10.3. The average Bonchev–Trinajstić information content (AvgIpc) is 2.42. The highest BCUT2D eigenvalue weighted by Gasteiger charge is 2.07. The Labute approximate surface area is 132 Å². The molecule has 0 aliphatic rings. The molecule has 0 fully saturated rings. The summed E-state index contributed by atoms with van der Waals surface area (Å²) in [6, 6.07) is 10.2. The minimum absolute atomic E-state index is 0.154. The predicted octanol–water partition coefficient (Wildman–Crippen LogP) is 4.23. The molecule has 0 heterocycles. The number of rotatable bonds is 4. The number of nitrogens with one attached hydrogen (secondary N) is 1. The van der Waals surface area contributed by atoms with Crippen LogP contribution < -0.4 is 5.32 Å². The second-order valence-corrected chi connectivity index (χ2v) is 5.86. The van der Waals surface area contributed by atoms with Crippen LogP contribution in [0.25, 0.3) is 0 Å². The first-order chi connectivity index (χ1) is 9.47. The molecule has 0 unspecified atom stereocenters. The van der Waals surface area contributed by atoms with Crippen molar-refractivity contribution in [3.05, 3.63) is 56.5 Å². The van der Waals surface area contributed by atoms with Gasteiger partial charge in [-0.05, 0) is 67.8 Å². The van der Waals surface area contributed by atoms with Gasteiger partial charge in [0, 0.05) is 12.2 Å². The Morgan fingerprint density at radius 3 is 2.40 bits per heavy atom. The summed E-state index contributed by atoms with van der Waals surface area (Å²) in [5, 5.41) is 21.7. The monoisotopic (exact) mass is 399 g/mol. The van der Waals surface area contributed by atoms with Crippen LogP contribution in [0, 0.1) is 0 Å². The van der Waals surface area contributed by atoms with E-state index in [4.69, 9.17) is 5.11 Å². The Kier molecular flexibility index (Phi) is 4.67. The fourth-order valence-electron chi connectivity index (χ4n) is 1.69. The number of carbonyl (C=O) groups is 1. The molecule has 2 aromatic carbocycles. The van der Waals surface area contributed by atoms with Gasteiger partial charge in [0.1, 0.15) is 5.75 Å². The fourth-order valence-corrected chi connectivity index (χ4v) is 2.97. The van der Waals surface area contributed by atoms with E-state index in [9.17, 15) is 9.90 Å². The lowest BCUT2D eigenvalue weighted by atomic mass is 10.2. The number of aromatic carboxylic acids is 1. The molecule has 0 saturated carbocycles. The summed E-state index contributed by atoms with van der Waals surface area (Å²) in [7, 11) is 0. The van der Waals surface area contributed by atoms with Gasteiger partial charge in [0.15, 0.2) is 0 Å². The van der Waals surface area contributed by atoms with E-state index >= 15 is 0 Å². The highest BCUT2D eigenvalue weighted by Crippen LogP contribution is 2.33. The van der Waals surface area contributed by atoms with Gasteiger partial charge in [-0.2, -0.15) is 0 Å². The molecule has 0 aromatic heterocycles. The minimum Gasteiger partial charge on any atom is -0.506 e. The van der Waals surface area contributed by atoms with Crippen molar-refractivity contribution in [2.24, 2.45) is 0 Å². The second kappa shape index (κ2) is 6.28. The SMILES string of the molecule is O=C(O)c1cccc(NCc2cc(Br)c(O)c(Br)c2)c1. The number of phenols is 1. The number of carboxylic acid groups (broad SMARTS) is 1. The van der Waals surface area contributed by atoms with E-state index in [1.54, 1.807) is 36.4 Å². The Balaban J connectivity index is 2.13. The summed E-state index contributed by atoms with van der Waals surface area (Å²) in [4.78, 5) is 10.9. The summed E-state index contributed by atoms with van der Waals surface area (Å²) in [5.74, 6) is -0.801. The van der Waals surface area contributed by atoms with E-state index in [0.29, 0.717) is 15.5 Å². The Bertz CT molecular complexity index is 636. The van der Waals surface area contributed by atoms with Crippen LogP contribution in [0.15, 0.2) is 45.3 Å². The van der Waals surface area contributed by atoms with Crippen molar-refractivity contribution in [2.45, 2.75) is 6.54 Å². The summed E-state index contributed by atoms with van der Waals surface area (Å²) in [6.45, 7) is 0.514. The number of hydrogen-bond acceptors (Lipinski definition) is 3. The van der Waals surface area contributed by atoms with Crippen LogP contribution in [0.5, 0.6) is 5.75 Å². The number of benzene rings is 2. The lowest BCUT2D eigenvalue weighted by Crippen LogP contribution is -2.02. The molecule has 3 N–H and O–H groups in total. The fraction of sp³-hybridized carbons (Fsp3) is 0.0714. The van der Waals surface area contributed by atoms with Crippen molar-refractivity contribution in [1.29, 1.82) is 0 Å². The molecule has 2 rings (SSSR count). The number of hydrogen-bond donors (Lipinski definition) is 3. The first-order valence-corrected chi connectivity index (χ1v) is 7.30. The van der Waals surface area contributed by atoms with Gasteiger partial charge in [-0.1, -0.05) is 6.07 Å². The van der Waals surface area contributed by atoms with E-state index in [-0.39, 0.29) is 11.3 Å². The Morgan fingerprint density at radius 2 is 1.80 bits per heavy atom. The van der Waals surface area contributed by atoms with E-state index in [2.05, 4.69) is 37.2 Å². The number of anilines is 1. The van der Waals surface area contributed by atoms with Gasteiger partial charge in [0.25, 0.3) is 0 Å². The molecule has 20 heavy (non-hydrogen) atoms. The summed E-state index contributed by atoms with van der Waals surface area (Å²) >= 11 is 6.54. The van der Waals surface area contributed by atoms with Crippen LogP contribution in [0.4, 0.5) is 5.69 Å². The number of phenolic OH excluding ortho intramolecular Hbond substituents is 1. The maximum Gasteiger partial charge on any atom is 0.335 e. The van der Waals surface area contributed by atoms with Gasteiger partial charge in [-0.25, -0.2) is 4.79 Å². The third-order valence-electron chi connectivity index (χ3n) is 2.68. The van der Waals surface area contributed by atoms with Crippen LogP contribution in [0.2, 0.25) is 0 Å². The number of carboxylic acids is 1. The largest absolute Gasteiger partial charge is 0.506 e. The highest BCUT2D eigenvalue weighted by atomic mass is 79.9. The van der Waals surface area contributed by atoms with Crippen molar-refractivity contribution in [2.75, 3.05) is 5.32 Å². The minimum atomic E-state index is -0.955. The number of halogens is 2. The quantitative estimate of drug-likeness (QED) is 0.718. The van der Waals surface area contributed by atoms with Crippen LogP contribution in [0.1, 0.15) is 15.9 Å². The zero-order valence-corrected chi connectivity index (χ0v) is 13.4. The molecule has 0 saturated heterocycles. The van der Waals surface area contributed by atoms with Crippen molar-refractivity contribution >= 4 is 43.5 Å². The van der Waals surface area contributed by atoms with Gasteiger partial charge < -0.3 is 15.5 Å². The van der Waals surface area contributed by atoms with Crippen molar-refractivity contribution in [1.82, 2.24) is 0 Å². The van der Waals surface area contributed by atoms with Gasteiger partial charge in [0.05, 0.1) is 14.5 Å². The summed E-state index contributed by atoms with van der Waals surface area (Å²) < 4.78 is 1.20. The first kappa shape index (κ1) is 14.9. The Hall–Kier alpha value is -1.53. The van der Waals surface area contributed by atoms with E-state index in [1.165, 1.54) is 0 Å². The van der Waals surface area contributed by atoms with E-state index in [0.717, 1.165) is 11.3 Å². The van der Waals surface area contributed by atoms with Crippen LogP contribution >= 0.6 is 31.9 Å². The van der Waals surface area contributed by atoms with Crippen LogP contribution in [0.3, 0.4) is 0 Å². The first-order valence-electron chi connectivity index (χ1n) is 5.71. The Morgan fingerprint density at radius 1 is 1.15 bits per heavy atom. The molecule has 104 valence electrons. The third kappa shape index (κ3) is 3.52. The molecule has 0 spiro atoms. The average molecular weight is 401 g/mol. The lowest BCUT2D eigenvalue weighted by molar-refractivity contribution is 0.0697. The van der Waals surface area contributed by atoms with E-state index in [1.807, 2.05) is 0 Å². The summed E-state index contributed by atoms with van der Waals surface area (Å²) in [6.07, 6.45) is 0. The molecule has 2 aromatic rings. The molecule has 6 heteroatoms. The molecule has 0 amide bonds. The van der Waals surface area contributed by atoms with E-state index < -0.39 is 5.97 Å². The van der Waals surface area contributed by atoms with Gasteiger partial charge in [-0.3, -0.25) is 0 Å². The maximum atomic E-state index is 10.9. The van der Waals surface area contributed by atoms with Crippen molar-refractivity contribution in [3.63, 3.8) is 0 Å². The van der Waals surface area contributed by atoms with Gasteiger partial charge in [0.2, 0.25) is 0 Å². The molecular weight excluding hydrogens is 390 g/mol. The predicted molar refractivity (Wildman–Crippen MR) is 84.2 cm³/mol. The molecule has 0 aliphatic heterocycles. The topological polar surface area (TPSA) is 69.6 Å². The lowest BCUT2D eigenvalue weighted by Gasteiger charge is -2.09. The third-order valence-corrected chi connectivity index (χ3v) is 3.89. The smallest absolute Gasteiger partial charge is 0.335 e. The van der Waals surface area contributed by atoms with Gasteiger partial charge >= 0.3 is 5.97 Å². The summed E-state index contributed by atoms with van der Waals surface area (Å²) in [5.41, 5.74) is 1.91. The van der Waals surface area contributed by atoms with Crippen LogP contribution in [-0.2, 0) is 6.54 Å². The van der Waals surface area contributed by atoms with Crippen molar-refractivity contribution in [3.8, 4) is 5.75 Å². The molecule has 0 aliphatic carbocycles. The molecule has 0 radical (unpaired) electrons. The zero-order valence-electron chi connectivity index (χ0n) is 10.2. The van der Waals surface area contributed by atoms with Crippen LogP contribution in [-0.4, -0.2) is 16.2 Å². The second-order valence-electron chi connectivity index (χ2n) is 4.15. The molecule has 0 bridgehead atoms. The standard InChI is InChI=1S/C14H11Br2NO3/c15-11-4-8(5-12(16)13(11)18)7-17-10-3-1-2-9(6-10)14(19)20/h1-6,17-18H,7H2,(H,19,20). The van der Waals surface area contributed by atoms with Gasteiger partial charge in [-0.15, -0.1) is 0 Å². The molecule has 4 nitrogen and oxygen atoms in total. The number of aromatic hydroxyl groups is 1. The zero-order chi connectivity index (χ0) is 14.7. The molecule has 0 atom stereocenters.